The van der Waals surface area contributed by atoms with Gasteiger partial charge in [-0.3, -0.25) is 9.67 Å². The fourth-order valence-corrected chi connectivity index (χ4v) is 5.07. The number of pyridine rings is 1. The Kier molecular flexibility index (Phi) is 6.08. The molecule has 0 radical (unpaired) electrons. The quantitative estimate of drug-likeness (QED) is 0.455. The molecule has 1 atom stereocenters. The summed E-state index contributed by atoms with van der Waals surface area (Å²) >= 11 is 0. The van der Waals surface area contributed by atoms with Crippen LogP contribution in [0.2, 0.25) is 0 Å². The van der Waals surface area contributed by atoms with Crippen molar-refractivity contribution in [1.82, 2.24) is 24.7 Å². The van der Waals surface area contributed by atoms with Gasteiger partial charge in [-0.25, -0.2) is 23.0 Å². The Hall–Kier alpha value is -3.89. The highest BCUT2D eigenvalue weighted by Gasteiger charge is 2.39. The SMILES string of the molecule is Cc1nn(CC2CC2)c(C)c1-c1cc(OC2CN(C(=O)N3N=CCC3c3cc(F)cc(F)c3)C2)c(F)cn1. The number of aryl methyl sites for hydroxylation is 1. The Morgan fingerprint density at radius 2 is 1.82 bits per heavy atom. The van der Waals surface area contributed by atoms with Gasteiger partial charge in [0, 0.05) is 42.6 Å². The van der Waals surface area contributed by atoms with Crippen LogP contribution in [0.15, 0.2) is 35.6 Å². The second kappa shape index (κ2) is 9.45. The lowest BCUT2D eigenvalue weighted by Gasteiger charge is -2.41. The molecule has 2 aliphatic heterocycles. The lowest BCUT2D eigenvalue weighted by atomic mass is 10.0. The van der Waals surface area contributed by atoms with Crippen molar-refractivity contribution in [1.29, 1.82) is 0 Å². The summed E-state index contributed by atoms with van der Waals surface area (Å²) in [7, 11) is 0. The number of rotatable bonds is 6. The number of hydrazone groups is 1. The first kappa shape index (κ1) is 24.4. The average Bonchev–Trinajstić information content (AvgIpc) is 3.43. The van der Waals surface area contributed by atoms with Gasteiger partial charge in [-0.05, 0) is 50.3 Å². The van der Waals surface area contributed by atoms with Gasteiger partial charge in [0.2, 0.25) is 0 Å². The molecule has 0 bridgehead atoms. The molecule has 1 saturated heterocycles. The number of likely N-dealkylation sites (tertiary alicyclic amines) is 1. The Bertz CT molecular complexity index is 1410. The topological polar surface area (TPSA) is 75.8 Å². The molecule has 2 fully saturated rings. The lowest BCUT2D eigenvalue weighted by Crippen LogP contribution is -2.58. The highest BCUT2D eigenvalue weighted by atomic mass is 19.1. The fraction of sp³-hybridized carbons (Fsp3) is 0.407. The number of amides is 2. The number of aromatic nitrogens is 3. The fourth-order valence-electron chi connectivity index (χ4n) is 5.07. The van der Waals surface area contributed by atoms with Crippen molar-refractivity contribution in [3.05, 3.63) is 64.9 Å². The Morgan fingerprint density at radius 1 is 1.08 bits per heavy atom. The molecule has 0 spiro atoms. The Balaban J connectivity index is 1.12. The van der Waals surface area contributed by atoms with Gasteiger partial charge >= 0.3 is 6.03 Å². The lowest BCUT2D eigenvalue weighted by molar-refractivity contribution is 0.0256. The maximum absolute atomic E-state index is 14.6. The van der Waals surface area contributed by atoms with E-state index < -0.39 is 35.6 Å². The average molecular weight is 525 g/mol. The molecular formula is C27H27F3N6O2. The minimum atomic E-state index is -0.712. The number of ether oxygens (including phenoxy) is 1. The number of hydrogen-bond acceptors (Lipinski definition) is 5. The molecule has 3 aromatic rings. The standard InChI is InChI=1S/C27H27F3N6O2/c1-15-26(16(2)35(33-15)12-17-3-4-17)23-10-25(22(30)11-31-23)38-21-13-34(14-21)27(37)36-24(5-6-32-36)18-7-19(28)9-20(29)8-18/h6-11,17,21,24H,3-5,12-14H2,1-2H3. The van der Waals surface area contributed by atoms with Gasteiger partial charge in [0.05, 0.1) is 36.7 Å². The number of urea groups is 1. The van der Waals surface area contributed by atoms with Crippen LogP contribution in [0.5, 0.6) is 5.75 Å². The highest BCUT2D eigenvalue weighted by Crippen LogP contribution is 2.35. The Labute approximate surface area is 217 Å². The zero-order valence-corrected chi connectivity index (χ0v) is 21.1. The predicted octanol–water partition coefficient (Wildman–Crippen LogP) is 5.01. The van der Waals surface area contributed by atoms with E-state index in [1.165, 1.54) is 34.9 Å². The summed E-state index contributed by atoms with van der Waals surface area (Å²) in [6.45, 7) is 5.23. The van der Waals surface area contributed by atoms with E-state index in [1.807, 2.05) is 18.5 Å². The summed E-state index contributed by atoms with van der Waals surface area (Å²) in [6.07, 6.45) is 5.06. The van der Waals surface area contributed by atoms with Crippen molar-refractivity contribution in [3.8, 4) is 17.0 Å². The van der Waals surface area contributed by atoms with Crippen molar-refractivity contribution in [2.24, 2.45) is 11.0 Å². The van der Waals surface area contributed by atoms with Gasteiger partial charge in [-0.1, -0.05) is 0 Å². The van der Waals surface area contributed by atoms with Gasteiger partial charge in [0.25, 0.3) is 0 Å². The molecule has 2 amide bonds. The molecule has 3 aliphatic rings. The smallest absolute Gasteiger partial charge is 0.341 e. The normalized spacial score (nSPS) is 19.2. The summed E-state index contributed by atoms with van der Waals surface area (Å²) in [5.41, 5.74) is 3.60. The second-order valence-electron chi connectivity index (χ2n) is 10.2. The third-order valence-corrected chi connectivity index (χ3v) is 7.29. The molecule has 1 aromatic carbocycles. The maximum Gasteiger partial charge on any atom is 0.341 e. The molecule has 1 saturated carbocycles. The molecule has 1 aliphatic carbocycles. The van der Waals surface area contributed by atoms with E-state index in [9.17, 15) is 18.0 Å². The molecule has 198 valence electrons. The van der Waals surface area contributed by atoms with Crippen LogP contribution < -0.4 is 4.74 Å². The second-order valence-corrected chi connectivity index (χ2v) is 10.2. The van der Waals surface area contributed by atoms with Gasteiger partial charge in [-0.2, -0.15) is 10.2 Å². The van der Waals surface area contributed by atoms with Crippen LogP contribution in [0, 0.1) is 37.2 Å². The molecule has 8 nitrogen and oxygen atoms in total. The van der Waals surface area contributed by atoms with E-state index in [0.29, 0.717) is 23.6 Å². The van der Waals surface area contributed by atoms with E-state index in [-0.39, 0.29) is 18.8 Å². The molecular weight excluding hydrogens is 497 g/mol. The minimum Gasteiger partial charge on any atom is -0.483 e. The van der Waals surface area contributed by atoms with Crippen molar-refractivity contribution < 1.29 is 22.7 Å². The number of carbonyl (C=O) groups is 1. The van der Waals surface area contributed by atoms with Crippen LogP contribution in [0.4, 0.5) is 18.0 Å². The van der Waals surface area contributed by atoms with Crippen molar-refractivity contribution in [3.63, 3.8) is 0 Å². The molecule has 38 heavy (non-hydrogen) atoms. The highest BCUT2D eigenvalue weighted by molar-refractivity contribution is 5.79. The Morgan fingerprint density at radius 3 is 2.53 bits per heavy atom. The molecule has 0 N–H and O–H groups in total. The van der Waals surface area contributed by atoms with Gasteiger partial charge in [0.15, 0.2) is 11.6 Å². The van der Waals surface area contributed by atoms with Crippen molar-refractivity contribution in [2.75, 3.05) is 13.1 Å². The molecule has 2 aromatic heterocycles. The number of nitrogens with zero attached hydrogens (tertiary/aromatic N) is 6. The first-order chi connectivity index (χ1) is 18.3. The predicted molar refractivity (Wildman–Crippen MR) is 133 cm³/mol. The van der Waals surface area contributed by atoms with Gasteiger partial charge < -0.3 is 9.64 Å². The zero-order valence-electron chi connectivity index (χ0n) is 21.1. The van der Waals surface area contributed by atoms with Crippen molar-refractivity contribution in [2.45, 2.75) is 51.8 Å². The van der Waals surface area contributed by atoms with Crippen molar-refractivity contribution >= 4 is 12.2 Å². The summed E-state index contributed by atoms with van der Waals surface area (Å²) in [6, 6.07) is 3.77. The molecule has 6 rings (SSSR count). The summed E-state index contributed by atoms with van der Waals surface area (Å²) < 4.78 is 50.0. The largest absolute Gasteiger partial charge is 0.483 e. The van der Waals surface area contributed by atoms with E-state index in [1.54, 1.807) is 12.3 Å². The minimum absolute atomic E-state index is 0.0631. The van der Waals surface area contributed by atoms with E-state index in [2.05, 4.69) is 15.2 Å². The number of halogens is 3. The van der Waals surface area contributed by atoms with Gasteiger partial charge in [-0.15, -0.1) is 0 Å². The first-order valence-corrected chi connectivity index (χ1v) is 12.7. The first-order valence-electron chi connectivity index (χ1n) is 12.7. The summed E-state index contributed by atoms with van der Waals surface area (Å²) in [5, 5.41) is 9.99. The number of carbonyl (C=O) groups excluding carboxylic acids is 1. The molecule has 1 unspecified atom stereocenters. The van der Waals surface area contributed by atoms with Crippen LogP contribution in [0.3, 0.4) is 0 Å². The van der Waals surface area contributed by atoms with E-state index >= 15 is 0 Å². The van der Waals surface area contributed by atoms with Crippen LogP contribution in [-0.2, 0) is 6.54 Å². The third-order valence-electron chi connectivity index (χ3n) is 7.29. The molecule has 11 heteroatoms. The summed E-state index contributed by atoms with van der Waals surface area (Å²) in [4.78, 5) is 18.8. The number of benzene rings is 1. The zero-order chi connectivity index (χ0) is 26.6. The van der Waals surface area contributed by atoms with Gasteiger partial charge in [0.1, 0.15) is 17.7 Å². The third kappa shape index (κ3) is 4.61. The van der Waals surface area contributed by atoms with Crippen LogP contribution in [-0.4, -0.2) is 56.1 Å². The summed E-state index contributed by atoms with van der Waals surface area (Å²) in [5.74, 6) is -1.28. The van der Waals surface area contributed by atoms with E-state index in [0.717, 1.165) is 35.8 Å². The van der Waals surface area contributed by atoms with E-state index in [4.69, 9.17) is 4.74 Å². The van der Waals surface area contributed by atoms with Crippen LogP contribution >= 0.6 is 0 Å². The monoisotopic (exact) mass is 524 g/mol. The van der Waals surface area contributed by atoms with Crippen LogP contribution in [0.25, 0.3) is 11.3 Å². The number of hydrogen-bond donors (Lipinski definition) is 0. The van der Waals surface area contributed by atoms with Crippen LogP contribution in [0.1, 0.15) is 42.3 Å². The maximum atomic E-state index is 14.6. The molecule has 4 heterocycles.